The molecule has 0 saturated carbocycles. The number of thiazole rings is 1. The van der Waals surface area contributed by atoms with E-state index in [1.807, 2.05) is 6.92 Å². The van der Waals surface area contributed by atoms with Crippen molar-refractivity contribution in [2.24, 2.45) is 0 Å². The number of hydrogen-bond acceptors (Lipinski definition) is 3. The van der Waals surface area contributed by atoms with Crippen molar-refractivity contribution in [3.8, 4) is 10.4 Å². The lowest BCUT2D eigenvalue weighted by molar-refractivity contribution is 0.511. The van der Waals surface area contributed by atoms with Gasteiger partial charge in [0.2, 0.25) is 0 Å². The number of aromatic nitrogens is 1. The fourth-order valence-electron chi connectivity index (χ4n) is 1.33. The summed E-state index contributed by atoms with van der Waals surface area (Å²) in [4.78, 5) is 4.69. The minimum Gasteiger partial charge on any atom is -0.362 e. The first-order valence-corrected chi connectivity index (χ1v) is 5.68. The molecule has 0 fully saturated rings. The SMILES string of the molecule is CCNc1ncc(-c2cccc(F)c2F)s1. The molecule has 16 heavy (non-hydrogen) atoms. The maximum atomic E-state index is 13.5. The Morgan fingerprint density at radius 2 is 2.19 bits per heavy atom. The number of nitrogens with zero attached hydrogens (tertiary/aromatic N) is 1. The first-order chi connectivity index (χ1) is 7.72. The van der Waals surface area contributed by atoms with Crippen LogP contribution in [0.4, 0.5) is 13.9 Å². The van der Waals surface area contributed by atoms with E-state index in [1.165, 1.54) is 17.4 Å². The van der Waals surface area contributed by atoms with E-state index >= 15 is 0 Å². The van der Waals surface area contributed by atoms with Gasteiger partial charge in [-0.25, -0.2) is 13.8 Å². The zero-order valence-corrected chi connectivity index (χ0v) is 9.44. The Bertz CT molecular complexity index is 496. The molecule has 2 aromatic rings. The smallest absolute Gasteiger partial charge is 0.183 e. The summed E-state index contributed by atoms with van der Waals surface area (Å²) in [7, 11) is 0. The van der Waals surface area contributed by atoms with Crippen LogP contribution in [0.5, 0.6) is 0 Å². The van der Waals surface area contributed by atoms with Gasteiger partial charge < -0.3 is 5.32 Å². The summed E-state index contributed by atoms with van der Waals surface area (Å²) in [5, 5.41) is 3.73. The van der Waals surface area contributed by atoms with E-state index < -0.39 is 11.6 Å². The van der Waals surface area contributed by atoms with Crippen LogP contribution in [0.3, 0.4) is 0 Å². The van der Waals surface area contributed by atoms with Crippen LogP contribution in [0.1, 0.15) is 6.92 Å². The normalized spacial score (nSPS) is 10.4. The van der Waals surface area contributed by atoms with Gasteiger partial charge in [0.25, 0.3) is 0 Å². The highest BCUT2D eigenvalue weighted by atomic mass is 32.1. The summed E-state index contributed by atoms with van der Waals surface area (Å²) in [5.41, 5.74) is 0.252. The van der Waals surface area contributed by atoms with Crippen LogP contribution < -0.4 is 5.32 Å². The van der Waals surface area contributed by atoms with E-state index in [-0.39, 0.29) is 5.56 Å². The zero-order valence-electron chi connectivity index (χ0n) is 8.63. The fraction of sp³-hybridized carbons (Fsp3) is 0.182. The molecule has 0 atom stereocenters. The molecule has 1 aromatic carbocycles. The number of benzene rings is 1. The highest BCUT2D eigenvalue weighted by molar-refractivity contribution is 7.18. The second kappa shape index (κ2) is 4.57. The van der Waals surface area contributed by atoms with Gasteiger partial charge in [-0.2, -0.15) is 0 Å². The molecular formula is C11H10F2N2S. The summed E-state index contributed by atoms with van der Waals surface area (Å²) in [6, 6.07) is 4.13. The predicted molar refractivity (Wildman–Crippen MR) is 61.6 cm³/mol. The van der Waals surface area contributed by atoms with Gasteiger partial charge in [0, 0.05) is 18.3 Å². The third kappa shape index (κ3) is 2.04. The van der Waals surface area contributed by atoms with Gasteiger partial charge in [0.05, 0.1) is 4.88 Å². The summed E-state index contributed by atoms with van der Waals surface area (Å²) in [6.07, 6.45) is 1.54. The van der Waals surface area contributed by atoms with E-state index in [1.54, 1.807) is 12.3 Å². The number of anilines is 1. The lowest BCUT2D eigenvalue weighted by Crippen LogP contribution is -1.94. The maximum absolute atomic E-state index is 13.5. The summed E-state index contributed by atoms with van der Waals surface area (Å²) in [6.45, 7) is 2.70. The Labute approximate surface area is 96.0 Å². The minimum atomic E-state index is -0.837. The Kier molecular flexibility index (Phi) is 3.14. The second-order valence-electron chi connectivity index (χ2n) is 3.16. The lowest BCUT2D eigenvalue weighted by Gasteiger charge is -1.99. The van der Waals surface area contributed by atoms with Gasteiger partial charge >= 0.3 is 0 Å². The Morgan fingerprint density at radius 1 is 1.38 bits per heavy atom. The van der Waals surface area contributed by atoms with Gasteiger partial charge in [-0.15, -0.1) is 0 Å². The first kappa shape index (κ1) is 11.0. The van der Waals surface area contributed by atoms with Gasteiger partial charge in [-0.1, -0.05) is 23.5 Å². The number of rotatable bonds is 3. The number of nitrogens with one attached hydrogen (secondary N) is 1. The number of halogens is 2. The van der Waals surface area contributed by atoms with Crippen LogP contribution in [-0.2, 0) is 0 Å². The van der Waals surface area contributed by atoms with Gasteiger partial charge in [-0.05, 0) is 13.0 Å². The van der Waals surface area contributed by atoms with Crippen LogP contribution in [0, 0.1) is 11.6 Å². The molecule has 0 radical (unpaired) electrons. The average molecular weight is 240 g/mol. The molecule has 0 spiro atoms. The molecule has 0 bridgehead atoms. The van der Waals surface area contributed by atoms with Crippen molar-refractivity contribution in [1.29, 1.82) is 0 Å². The quantitative estimate of drug-likeness (QED) is 0.887. The molecule has 2 rings (SSSR count). The Morgan fingerprint density at radius 3 is 2.94 bits per heavy atom. The molecule has 0 amide bonds. The third-order valence-corrected chi connectivity index (χ3v) is 3.04. The van der Waals surface area contributed by atoms with Crippen molar-refractivity contribution >= 4 is 16.5 Å². The molecule has 1 heterocycles. The maximum Gasteiger partial charge on any atom is 0.183 e. The van der Waals surface area contributed by atoms with Crippen molar-refractivity contribution < 1.29 is 8.78 Å². The van der Waals surface area contributed by atoms with Gasteiger partial charge in [-0.3, -0.25) is 0 Å². The largest absolute Gasteiger partial charge is 0.362 e. The summed E-state index contributed by atoms with van der Waals surface area (Å²) >= 11 is 1.30. The zero-order chi connectivity index (χ0) is 11.5. The van der Waals surface area contributed by atoms with Crippen molar-refractivity contribution in [3.05, 3.63) is 36.0 Å². The molecule has 0 aliphatic rings. The van der Waals surface area contributed by atoms with Crippen LogP contribution in [0.15, 0.2) is 24.4 Å². The Hall–Kier alpha value is -1.49. The molecule has 84 valence electrons. The van der Waals surface area contributed by atoms with Crippen molar-refractivity contribution in [1.82, 2.24) is 4.98 Å². The third-order valence-electron chi connectivity index (χ3n) is 2.05. The van der Waals surface area contributed by atoms with Gasteiger partial charge in [0.1, 0.15) is 0 Å². The van der Waals surface area contributed by atoms with Crippen molar-refractivity contribution in [3.63, 3.8) is 0 Å². The molecule has 0 aliphatic carbocycles. The monoisotopic (exact) mass is 240 g/mol. The molecule has 0 unspecified atom stereocenters. The van der Waals surface area contributed by atoms with E-state index in [0.717, 1.165) is 12.6 Å². The highest BCUT2D eigenvalue weighted by Gasteiger charge is 2.12. The average Bonchev–Trinajstić information content (AvgIpc) is 2.71. The topological polar surface area (TPSA) is 24.9 Å². The fourth-order valence-corrected chi connectivity index (χ4v) is 2.23. The van der Waals surface area contributed by atoms with E-state index in [9.17, 15) is 8.78 Å². The van der Waals surface area contributed by atoms with Crippen molar-refractivity contribution in [2.45, 2.75) is 6.92 Å². The molecule has 1 N–H and O–H groups in total. The molecule has 0 aliphatic heterocycles. The molecule has 0 saturated heterocycles. The molecule has 1 aromatic heterocycles. The van der Waals surface area contributed by atoms with E-state index in [2.05, 4.69) is 10.3 Å². The lowest BCUT2D eigenvalue weighted by atomic mass is 10.2. The van der Waals surface area contributed by atoms with E-state index in [0.29, 0.717) is 10.0 Å². The van der Waals surface area contributed by atoms with Crippen LogP contribution in [0.25, 0.3) is 10.4 Å². The van der Waals surface area contributed by atoms with Crippen LogP contribution in [0.2, 0.25) is 0 Å². The van der Waals surface area contributed by atoms with Crippen molar-refractivity contribution in [2.75, 3.05) is 11.9 Å². The molecule has 2 nitrogen and oxygen atoms in total. The standard InChI is InChI=1S/C11H10F2N2S/c1-2-14-11-15-6-9(16-11)7-4-3-5-8(12)10(7)13/h3-6H,2H2,1H3,(H,14,15). The molecular weight excluding hydrogens is 230 g/mol. The van der Waals surface area contributed by atoms with Crippen LogP contribution >= 0.6 is 11.3 Å². The van der Waals surface area contributed by atoms with E-state index in [4.69, 9.17) is 0 Å². The minimum absolute atomic E-state index is 0.252. The first-order valence-electron chi connectivity index (χ1n) is 4.86. The Balaban J connectivity index is 2.39. The summed E-state index contributed by atoms with van der Waals surface area (Å²) < 4.78 is 26.5. The highest BCUT2D eigenvalue weighted by Crippen LogP contribution is 2.31. The van der Waals surface area contributed by atoms with Crippen LogP contribution in [-0.4, -0.2) is 11.5 Å². The predicted octanol–water partition coefficient (Wildman–Crippen LogP) is 3.52. The second-order valence-corrected chi connectivity index (χ2v) is 4.19. The summed E-state index contributed by atoms with van der Waals surface area (Å²) in [5.74, 6) is -1.66. The number of hydrogen-bond donors (Lipinski definition) is 1. The molecule has 5 heteroatoms. The van der Waals surface area contributed by atoms with Gasteiger partial charge in [0.15, 0.2) is 16.8 Å².